The predicted molar refractivity (Wildman–Crippen MR) is 228 cm³/mol. The van der Waals surface area contributed by atoms with Gasteiger partial charge in [-0.3, -0.25) is 27.8 Å². The number of H-pyrrole nitrogens is 1. The molecule has 312 valence electrons. The maximum absolute atomic E-state index is 12.8. The van der Waals surface area contributed by atoms with E-state index < -0.39 is 44.6 Å². The lowest BCUT2D eigenvalue weighted by Crippen LogP contribution is -2.34. The van der Waals surface area contributed by atoms with E-state index in [-0.39, 0.29) is 79.1 Å². The standard InChI is InChI=1S/C32H47N4O13P3S4/c1-5-11-32(2,3)56-55-29(20-44-24-10-6-9-23(15-24)35-40)43-14-13-42-19-27(37)33-12-7-8-22-17-36(31(39)34-30(22)38)28-16-25(45-21-54-53-4)26(47-28)18-46-51-49-52-48-50-41/h6,9-10,15,17,25-26,28-29,41,50-52H,5,11-14,16,18-21H2,1-4H3,(H,33,37)(H,34,38,39)/t25?,26-,28-,29?/m1/s1. The predicted octanol–water partition coefficient (Wildman–Crippen LogP) is 6.01. The maximum Gasteiger partial charge on any atom is 0.330 e. The second-order valence-corrected chi connectivity index (χ2v) is 20.0. The Bertz CT molecular complexity index is 1670. The summed E-state index contributed by atoms with van der Waals surface area (Å²) in [6.45, 7) is 6.85. The van der Waals surface area contributed by atoms with E-state index >= 15 is 0 Å². The van der Waals surface area contributed by atoms with Crippen LogP contribution in [0.3, 0.4) is 0 Å². The third kappa shape index (κ3) is 19.2. The number of hydrogen-bond donors (Lipinski definition) is 3. The number of carbonyl (C=O) groups is 1. The molecule has 24 heteroatoms. The number of nitrogens with one attached hydrogen (secondary N) is 2. The number of aromatic amines is 1. The van der Waals surface area contributed by atoms with Crippen LogP contribution in [-0.2, 0) is 36.9 Å². The number of aromatic nitrogens is 2. The zero-order chi connectivity index (χ0) is 40.6. The van der Waals surface area contributed by atoms with Crippen molar-refractivity contribution in [2.24, 2.45) is 5.18 Å². The molecule has 0 spiro atoms. The Labute approximate surface area is 346 Å². The Morgan fingerprint density at radius 3 is 2.86 bits per heavy atom. The Kier molecular flexibility index (Phi) is 24.7. The van der Waals surface area contributed by atoms with Crippen molar-refractivity contribution in [1.82, 2.24) is 14.9 Å². The molecule has 1 aromatic heterocycles. The molecular formula is C32H47N4O13P3S4. The number of carbonyl (C=O) groups excluding carboxylic acids is 1. The fourth-order valence-electron chi connectivity index (χ4n) is 4.81. The third-order valence-electron chi connectivity index (χ3n) is 7.29. The summed E-state index contributed by atoms with van der Waals surface area (Å²) in [5.74, 6) is 5.91. The van der Waals surface area contributed by atoms with Gasteiger partial charge in [0, 0.05) is 23.4 Å². The lowest BCUT2D eigenvalue weighted by atomic mass is 10.1. The SMILES string of the molecule is CCCC(C)(C)SSC(COc1cccc(N=O)c1)OCCOCC(=O)NCC#Cc1cn([C@H]2CC(OCSSC)[C@@H](COPOPOPO)O2)c(=O)[nH]c1=O. The van der Waals surface area contributed by atoms with E-state index in [1.165, 1.54) is 21.6 Å². The van der Waals surface area contributed by atoms with E-state index in [1.54, 1.807) is 56.6 Å². The van der Waals surface area contributed by atoms with Crippen molar-refractivity contribution in [3.8, 4) is 17.6 Å². The van der Waals surface area contributed by atoms with Gasteiger partial charge in [0.2, 0.25) is 5.91 Å². The molecule has 5 unspecified atom stereocenters. The largest absolute Gasteiger partial charge is 0.490 e. The summed E-state index contributed by atoms with van der Waals surface area (Å²) in [6, 6.07) is 6.58. The van der Waals surface area contributed by atoms with Gasteiger partial charge in [0.25, 0.3) is 5.56 Å². The molecule has 17 nitrogen and oxygen atoms in total. The van der Waals surface area contributed by atoms with E-state index in [4.69, 9.17) is 41.7 Å². The van der Waals surface area contributed by atoms with Crippen LogP contribution >= 0.6 is 70.3 Å². The van der Waals surface area contributed by atoms with Gasteiger partial charge in [-0.1, -0.05) is 74.4 Å². The minimum Gasteiger partial charge on any atom is -0.490 e. The van der Waals surface area contributed by atoms with E-state index in [1.807, 2.05) is 6.26 Å². The first kappa shape index (κ1) is 49.1. The van der Waals surface area contributed by atoms with Crippen LogP contribution in [-0.4, -0.2) is 94.5 Å². The molecule has 56 heavy (non-hydrogen) atoms. The normalized spacial score (nSPS) is 17.9. The summed E-state index contributed by atoms with van der Waals surface area (Å²) in [7, 11) is 4.92. The van der Waals surface area contributed by atoms with Crippen molar-refractivity contribution in [2.75, 3.05) is 51.8 Å². The van der Waals surface area contributed by atoms with Crippen LogP contribution in [0.2, 0.25) is 0 Å². The van der Waals surface area contributed by atoms with Crippen molar-refractivity contribution < 1.29 is 46.5 Å². The number of amides is 1. The van der Waals surface area contributed by atoms with Crippen LogP contribution in [0, 0.1) is 16.7 Å². The average molecular weight is 917 g/mol. The van der Waals surface area contributed by atoms with Gasteiger partial charge in [-0.05, 0) is 43.8 Å². The van der Waals surface area contributed by atoms with E-state index in [2.05, 4.69) is 48.1 Å². The maximum atomic E-state index is 12.8. The van der Waals surface area contributed by atoms with Crippen molar-refractivity contribution in [3.05, 3.63) is 61.8 Å². The smallest absolute Gasteiger partial charge is 0.330 e. The first-order valence-electron chi connectivity index (χ1n) is 17.0. The minimum absolute atomic E-state index is 0.00665. The molecule has 1 aliphatic rings. The highest BCUT2D eigenvalue weighted by molar-refractivity contribution is 8.77. The van der Waals surface area contributed by atoms with Crippen molar-refractivity contribution in [2.45, 2.75) is 68.7 Å². The quantitative estimate of drug-likeness (QED) is 0.0223. The molecule has 1 aliphatic heterocycles. The first-order valence-corrected chi connectivity index (χ1v) is 24.5. The highest BCUT2D eigenvalue weighted by Gasteiger charge is 2.38. The van der Waals surface area contributed by atoms with Gasteiger partial charge in [-0.25, -0.2) is 4.79 Å². The molecule has 0 saturated carbocycles. The van der Waals surface area contributed by atoms with Gasteiger partial charge in [0.1, 0.15) is 53.9 Å². The monoisotopic (exact) mass is 916 g/mol. The topological polar surface area (TPSA) is 207 Å². The number of rotatable bonds is 28. The van der Waals surface area contributed by atoms with E-state index in [9.17, 15) is 19.3 Å². The summed E-state index contributed by atoms with van der Waals surface area (Å²) in [5.41, 5.74) is -1.43. The number of benzene rings is 1. The van der Waals surface area contributed by atoms with Crippen LogP contribution in [0.15, 0.2) is 45.2 Å². The molecule has 0 aliphatic carbocycles. The molecule has 0 bridgehead atoms. The molecule has 2 heterocycles. The Balaban J connectivity index is 1.47. The van der Waals surface area contributed by atoms with Gasteiger partial charge in [-0.15, -0.1) is 4.91 Å². The number of nitroso groups, excluding NO2 is 1. The van der Waals surface area contributed by atoms with Crippen LogP contribution < -0.4 is 21.3 Å². The number of nitrogens with zero attached hydrogens (tertiary/aromatic N) is 2. The van der Waals surface area contributed by atoms with Gasteiger partial charge in [0.15, 0.2) is 27.1 Å². The highest BCUT2D eigenvalue weighted by Crippen LogP contribution is 2.42. The molecule has 2 aromatic rings. The van der Waals surface area contributed by atoms with E-state index in [0.29, 0.717) is 18.1 Å². The molecule has 0 radical (unpaired) electrons. The van der Waals surface area contributed by atoms with Crippen LogP contribution in [0.1, 0.15) is 51.8 Å². The molecule has 1 aromatic carbocycles. The molecular weight excluding hydrogens is 870 g/mol. The Morgan fingerprint density at radius 2 is 2.09 bits per heavy atom. The lowest BCUT2D eigenvalue weighted by molar-refractivity contribution is -0.126. The second-order valence-electron chi connectivity index (χ2n) is 12.0. The minimum atomic E-state index is -0.769. The summed E-state index contributed by atoms with van der Waals surface area (Å²) in [5, 5.41) is 5.56. The van der Waals surface area contributed by atoms with Gasteiger partial charge in [-0.2, -0.15) is 0 Å². The van der Waals surface area contributed by atoms with Crippen molar-refractivity contribution in [3.63, 3.8) is 0 Å². The molecule has 3 rings (SSSR count). The summed E-state index contributed by atoms with van der Waals surface area (Å²) >= 11 is 0. The van der Waals surface area contributed by atoms with Crippen molar-refractivity contribution >= 4 is 81.9 Å². The fourth-order valence-corrected chi connectivity index (χ4v) is 9.51. The van der Waals surface area contributed by atoms with Crippen LogP contribution in [0.5, 0.6) is 5.75 Å². The van der Waals surface area contributed by atoms with E-state index in [0.717, 1.165) is 12.8 Å². The Morgan fingerprint density at radius 1 is 1.25 bits per heavy atom. The molecule has 3 N–H and O–H groups in total. The molecule has 1 fully saturated rings. The third-order valence-corrected chi connectivity index (χ3v) is 13.9. The zero-order valence-corrected chi connectivity index (χ0v) is 37.4. The number of ether oxygens (including phenoxy) is 5. The van der Waals surface area contributed by atoms with Gasteiger partial charge >= 0.3 is 5.69 Å². The van der Waals surface area contributed by atoms with Crippen LogP contribution in [0.25, 0.3) is 0 Å². The fraction of sp³-hybridized carbons (Fsp3) is 0.594. The summed E-state index contributed by atoms with van der Waals surface area (Å²) in [6.07, 6.45) is 3.92. The van der Waals surface area contributed by atoms with Crippen molar-refractivity contribution in [1.29, 1.82) is 0 Å². The average Bonchev–Trinajstić information content (AvgIpc) is 3.58. The number of hydrogen-bond acceptors (Lipinski definition) is 18. The summed E-state index contributed by atoms with van der Waals surface area (Å²) in [4.78, 5) is 59.6. The first-order chi connectivity index (χ1) is 27.1. The molecule has 7 atom stereocenters. The van der Waals surface area contributed by atoms with Gasteiger partial charge < -0.3 is 38.4 Å². The Hall–Kier alpha value is -1.30. The zero-order valence-electron chi connectivity index (χ0n) is 31.1. The van der Waals surface area contributed by atoms with Crippen LogP contribution in [0.4, 0.5) is 5.69 Å². The highest BCUT2D eigenvalue weighted by atomic mass is 33.1. The molecule has 1 amide bonds. The second kappa shape index (κ2) is 28.2. The lowest BCUT2D eigenvalue weighted by Gasteiger charge is -2.25. The van der Waals surface area contributed by atoms with Gasteiger partial charge in [0.05, 0.1) is 32.5 Å². The molecule has 1 saturated heterocycles. The summed E-state index contributed by atoms with van der Waals surface area (Å²) < 4.78 is 46.2.